The van der Waals surface area contributed by atoms with Crippen molar-refractivity contribution in [3.63, 3.8) is 0 Å². The molecule has 0 aliphatic carbocycles. The van der Waals surface area contributed by atoms with Crippen LogP contribution >= 0.6 is 0 Å². The van der Waals surface area contributed by atoms with Crippen LogP contribution in [-0.2, 0) is 6.42 Å². The van der Waals surface area contributed by atoms with Crippen molar-refractivity contribution in [1.29, 1.82) is 5.26 Å². The number of carbonyl (C=O) groups excluding carboxylic acids is 1. The van der Waals surface area contributed by atoms with E-state index in [1.165, 1.54) is 37.1 Å². The summed E-state index contributed by atoms with van der Waals surface area (Å²) < 4.78 is 19.3. The predicted molar refractivity (Wildman–Crippen MR) is 85.5 cm³/mol. The molecule has 2 aromatic heterocycles. The number of ether oxygens (including phenoxy) is 1. The van der Waals surface area contributed by atoms with Crippen LogP contribution in [0, 0.1) is 17.1 Å². The molecule has 0 radical (unpaired) electrons. The zero-order valence-corrected chi connectivity index (χ0v) is 12.9. The molecule has 3 aromatic rings. The zero-order valence-electron chi connectivity index (χ0n) is 12.9. The number of ketones is 1. The van der Waals surface area contributed by atoms with Crippen molar-refractivity contribution in [3.8, 4) is 17.6 Å². The Morgan fingerprint density at radius 1 is 1.12 bits per heavy atom. The summed E-state index contributed by atoms with van der Waals surface area (Å²) in [5.74, 6) is -0.400. The van der Waals surface area contributed by atoms with Crippen LogP contribution in [0.5, 0.6) is 11.5 Å². The molecule has 122 valence electrons. The van der Waals surface area contributed by atoms with Gasteiger partial charge in [-0.05, 0) is 24.3 Å². The molecule has 0 atom stereocenters. The van der Waals surface area contributed by atoms with E-state index in [2.05, 4.69) is 15.0 Å². The molecular weight excluding hydrogens is 323 g/mol. The third-order valence-corrected chi connectivity index (χ3v) is 3.26. The number of aromatic nitrogens is 3. The number of pyridine rings is 1. The molecule has 0 saturated heterocycles. The third kappa shape index (κ3) is 4.20. The summed E-state index contributed by atoms with van der Waals surface area (Å²) in [5, 5.41) is 8.75. The first-order chi connectivity index (χ1) is 12.1. The molecule has 0 amide bonds. The molecule has 0 fully saturated rings. The average molecular weight is 334 g/mol. The summed E-state index contributed by atoms with van der Waals surface area (Å²) in [6.45, 7) is 0. The Balaban J connectivity index is 1.79. The SMILES string of the molecule is N#Cc1ccc(CC(=O)c2cc(F)cc(Oc3cncnc3)c2)nc1. The first-order valence-electron chi connectivity index (χ1n) is 7.26. The fraction of sp³-hybridized carbons (Fsp3) is 0.0556. The van der Waals surface area contributed by atoms with Gasteiger partial charge in [0.25, 0.3) is 0 Å². The second kappa shape index (κ2) is 7.27. The zero-order chi connectivity index (χ0) is 17.6. The van der Waals surface area contributed by atoms with Crippen LogP contribution < -0.4 is 4.74 Å². The van der Waals surface area contributed by atoms with Gasteiger partial charge in [-0.15, -0.1) is 0 Å². The number of hydrogen-bond acceptors (Lipinski definition) is 6. The fourth-order valence-electron chi connectivity index (χ4n) is 2.12. The Morgan fingerprint density at radius 3 is 2.60 bits per heavy atom. The monoisotopic (exact) mass is 334 g/mol. The van der Waals surface area contributed by atoms with E-state index in [1.807, 2.05) is 6.07 Å². The van der Waals surface area contributed by atoms with Gasteiger partial charge in [0, 0.05) is 23.5 Å². The molecule has 0 saturated carbocycles. The Kier molecular flexibility index (Phi) is 4.72. The highest BCUT2D eigenvalue weighted by Crippen LogP contribution is 2.23. The minimum absolute atomic E-state index is 0.0109. The van der Waals surface area contributed by atoms with Gasteiger partial charge in [-0.25, -0.2) is 14.4 Å². The van der Waals surface area contributed by atoms with Gasteiger partial charge >= 0.3 is 0 Å². The Labute approximate surface area is 142 Å². The van der Waals surface area contributed by atoms with Crippen LogP contribution in [0.1, 0.15) is 21.6 Å². The molecule has 6 nitrogen and oxygen atoms in total. The molecular formula is C18H11FN4O2. The summed E-state index contributed by atoms with van der Waals surface area (Å²) in [4.78, 5) is 24.0. The number of carbonyl (C=O) groups is 1. The molecule has 0 bridgehead atoms. The van der Waals surface area contributed by atoms with E-state index < -0.39 is 5.82 Å². The maximum atomic E-state index is 13.8. The summed E-state index contributed by atoms with van der Waals surface area (Å²) in [6, 6.07) is 8.88. The highest BCUT2D eigenvalue weighted by Gasteiger charge is 2.12. The highest BCUT2D eigenvalue weighted by molar-refractivity contribution is 5.97. The molecule has 0 unspecified atom stereocenters. The lowest BCUT2D eigenvalue weighted by atomic mass is 10.1. The lowest BCUT2D eigenvalue weighted by Crippen LogP contribution is -2.06. The van der Waals surface area contributed by atoms with E-state index in [0.717, 1.165) is 6.07 Å². The number of Topliss-reactive ketones (excluding diaryl/α,β-unsaturated/α-hetero) is 1. The Morgan fingerprint density at radius 2 is 1.92 bits per heavy atom. The van der Waals surface area contributed by atoms with Gasteiger partial charge in [-0.3, -0.25) is 9.78 Å². The van der Waals surface area contributed by atoms with Crippen molar-refractivity contribution >= 4 is 5.78 Å². The van der Waals surface area contributed by atoms with Crippen LogP contribution in [0.15, 0.2) is 55.2 Å². The molecule has 0 N–H and O–H groups in total. The number of nitriles is 1. The number of halogens is 1. The quantitative estimate of drug-likeness (QED) is 0.666. The lowest BCUT2D eigenvalue weighted by Gasteiger charge is -2.07. The van der Waals surface area contributed by atoms with Gasteiger partial charge in [0.1, 0.15) is 24.0 Å². The number of nitrogens with zero attached hydrogens (tertiary/aromatic N) is 4. The van der Waals surface area contributed by atoms with Gasteiger partial charge in [0.05, 0.1) is 24.4 Å². The van der Waals surface area contributed by atoms with Crippen LogP contribution in [0.25, 0.3) is 0 Å². The fourth-order valence-corrected chi connectivity index (χ4v) is 2.12. The lowest BCUT2D eigenvalue weighted by molar-refractivity contribution is 0.0991. The van der Waals surface area contributed by atoms with E-state index in [0.29, 0.717) is 17.0 Å². The molecule has 0 aliphatic heterocycles. The molecule has 0 aliphatic rings. The van der Waals surface area contributed by atoms with Gasteiger partial charge in [0.2, 0.25) is 0 Å². The minimum atomic E-state index is -0.592. The summed E-state index contributed by atoms with van der Waals surface area (Å²) in [6.07, 6.45) is 5.58. The molecule has 25 heavy (non-hydrogen) atoms. The molecule has 0 spiro atoms. The van der Waals surface area contributed by atoms with Crippen LogP contribution in [0.4, 0.5) is 4.39 Å². The van der Waals surface area contributed by atoms with Crippen molar-refractivity contribution in [1.82, 2.24) is 15.0 Å². The Bertz CT molecular complexity index is 938. The molecule has 2 heterocycles. The molecule has 3 rings (SSSR count). The van der Waals surface area contributed by atoms with Gasteiger partial charge in [-0.2, -0.15) is 5.26 Å². The minimum Gasteiger partial charge on any atom is -0.454 e. The predicted octanol–water partition coefficient (Wildman–Crippen LogP) is 3.10. The first kappa shape index (κ1) is 16.2. The summed E-state index contributed by atoms with van der Waals surface area (Å²) >= 11 is 0. The smallest absolute Gasteiger partial charge is 0.169 e. The van der Waals surface area contributed by atoms with Crippen LogP contribution in [0.2, 0.25) is 0 Å². The Hall–Kier alpha value is -3.66. The van der Waals surface area contributed by atoms with Crippen molar-refractivity contribution in [2.45, 2.75) is 6.42 Å². The maximum Gasteiger partial charge on any atom is 0.169 e. The standard InChI is InChI=1S/C18H11FN4O2/c19-14-3-13(4-16(5-14)25-17-9-21-11-22-10-17)18(24)6-15-2-1-12(7-20)8-23-15/h1-5,8-11H,6H2. The van der Waals surface area contributed by atoms with Crippen molar-refractivity contribution in [3.05, 3.63) is 77.9 Å². The number of benzene rings is 1. The molecule has 7 heteroatoms. The van der Waals surface area contributed by atoms with E-state index >= 15 is 0 Å². The summed E-state index contributed by atoms with van der Waals surface area (Å²) in [5.41, 5.74) is 1.06. The maximum absolute atomic E-state index is 13.8. The van der Waals surface area contributed by atoms with Gasteiger partial charge in [-0.1, -0.05) is 0 Å². The van der Waals surface area contributed by atoms with Gasteiger partial charge < -0.3 is 4.74 Å². The van der Waals surface area contributed by atoms with E-state index in [9.17, 15) is 9.18 Å². The third-order valence-electron chi connectivity index (χ3n) is 3.26. The van der Waals surface area contributed by atoms with Crippen molar-refractivity contribution in [2.75, 3.05) is 0 Å². The van der Waals surface area contributed by atoms with Crippen molar-refractivity contribution < 1.29 is 13.9 Å². The van der Waals surface area contributed by atoms with E-state index in [-0.39, 0.29) is 23.5 Å². The number of hydrogen-bond donors (Lipinski definition) is 0. The van der Waals surface area contributed by atoms with Crippen molar-refractivity contribution in [2.24, 2.45) is 0 Å². The van der Waals surface area contributed by atoms with Crippen LogP contribution in [0.3, 0.4) is 0 Å². The second-order valence-corrected chi connectivity index (χ2v) is 5.10. The second-order valence-electron chi connectivity index (χ2n) is 5.10. The van der Waals surface area contributed by atoms with Gasteiger partial charge in [0.15, 0.2) is 11.5 Å². The van der Waals surface area contributed by atoms with E-state index in [4.69, 9.17) is 10.00 Å². The topological polar surface area (TPSA) is 88.8 Å². The van der Waals surface area contributed by atoms with E-state index in [1.54, 1.807) is 12.1 Å². The van der Waals surface area contributed by atoms with Crippen LogP contribution in [-0.4, -0.2) is 20.7 Å². The summed E-state index contributed by atoms with van der Waals surface area (Å²) in [7, 11) is 0. The molecule has 1 aromatic carbocycles. The first-order valence-corrected chi connectivity index (χ1v) is 7.26. The normalized spacial score (nSPS) is 10.1. The number of rotatable bonds is 5. The highest BCUT2D eigenvalue weighted by atomic mass is 19.1. The average Bonchev–Trinajstić information content (AvgIpc) is 2.62. The largest absolute Gasteiger partial charge is 0.454 e.